The molecule has 0 atom stereocenters. The topological polar surface area (TPSA) is 101 Å². The molecule has 106 valence electrons. The van der Waals surface area contributed by atoms with Crippen LogP contribution in [0.15, 0.2) is 6.33 Å². The molecule has 1 amide bonds. The lowest BCUT2D eigenvalue weighted by atomic mass is 10.2. The summed E-state index contributed by atoms with van der Waals surface area (Å²) in [6.45, 7) is 1.10. The Kier molecular flexibility index (Phi) is 3.36. The summed E-state index contributed by atoms with van der Waals surface area (Å²) in [6, 6.07) is 0. The zero-order chi connectivity index (χ0) is 13.9. The molecule has 3 rings (SSSR count). The number of hydrogen-bond donors (Lipinski definition) is 3. The van der Waals surface area contributed by atoms with Crippen LogP contribution in [0.5, 0.6) is 0 Å². The molecule has 0 aliphatic heterocycles. The molecule has 3 N–H and O–H groups in total. The molecule has 0 spiro atoms. The van der Waals surface area contributed by atoms with Gasteiger partial charge in [0.25, 0.3) is 5.91 Å². The number of amides is 1. The van der Waals surface area contributed by atoms with Gasteiger partial charge in [-0.25, -0.2) is 4.68 Å². The predicted octanol–water partition coefficient (Wildman–Crippen LogP) is -0.131. The van der Waals surface area contributed by atoms with Crippen LogP contribution < -0.4 is 10.6 Å². The highest BCUT2D eigenvalue weighted by molar-refractivity contribution is 5.94. The fraction of sp³-hybridized carbons (Fsp3) is 0.500. The molecule has 2 aromatic heterocycles. The van der Waals surface area contributed by atoms with E-state index in [9.17, 15) is 4.79 Å². The Balaban J connectivity index is 1.49. The van der Waals surface area contributed by atoms with Crippen LogP contribution in [0.2, 0.25) is 0 Å². The molecule has 0 bridgehead atoms. The van der Waals surface area contributed by atoms with Crippen molar-refractivity contribution >= 4 is 11.9 Å². The molecular formula is C12H17N7O. The number of nitrogens with zero attached hydrogens (tertiary/aromatic N) is 4. The number of aryl methyl sites for hydroxylation is 2. The summed E-state index contributed by atoms with van der Waals surface area (Å²) < 4.78 is 1.64. The van der Waals surface area contributed by atoms with E-state index in [0.29, 0.717) is 24.7 Å². The summed E-state index contributed by atoms with van der Waals surface area (Å²) in [7, 11) is 1.81. The van der Waals surface area contributed by atoms with Crippen molar-refractivity contribution in [1.29, 1.82) is 0 Å². The Hall–Kier alpha value is -2.38. The lowest BCUT2D eigenvalue weighted by Gasteiger charge is -2.06. The van der Waals surface area contributed by atoms with Gasteiger partial charge < -0.3 is 10.6 Å². The maximum absolute atomic E-state index is 12.0. The van der Waals surface area contributed by atoms with Crippen molar-refractivity contribution in [1.82, 2.24) is 30.3 Å². The molecule has 0 saturated carbocycles. The standard InChI is InChI=1S/C12H17N7O/c1-19-12(15-7-16-19)14-6-5-13-11(20)10-8-3-2-4-9(8)17-18-10/h7H,2-6H2,1H3,(H,13,20)(H,17,18)(H,14,15,16). The third-order valence-electron chi connectivity index (χ3n) is 3.43. The minimum absolute atomic E-state index is 0.121. The molecule has 8 nitrogen and oxygen atoms in total. The second-order valence-electron chi connectivity index (χ2n) is 4.77. The number of fused-ring (bicyclic) bond motifs is 1. The molecule has 2 aromatic rings. The highest BCUT2D eigenvalue weighted by Gasteiger charge is 2.22. The van der Waals surface area contributed by atoms with Crippen LogP contribution in [-0.4, -0.2) is 44.0 Å². The third kappa shape index (κ3) is 2.36. The minimum Gasteiger partial charge on any atom is -0.353 e. The summed E-state index contributed by atoms with van der Waals surface area (Å²) in [6.07, 6.45) is 4.50. The Bertz CT molecular complexity index is 615. The number of aromatic amines is 1. The Morgan fingerprint density at radius 1 is 1.45 bits per heavy atom. The summed E-state index contributed by atoms with van der Waals surface area (Å²) in [5, 5.41) is 16.9. The number of anilines is 1. The van der Waals surface area contributed by atoms with E-state index in [1.807, 2.05) is 0 Å². The fourth-order valence-corrected chi connectivity index (χ4v) is 2.40. The number of rotatable bonds is 5. The molecule has 0 fully saturated rings. The SMILES string of the molecule is Cn1ncnc1NCCNC(=O)c1n[nH]c2c1CCC2. The molecule has 0 aromatic carbocycles. The van der Waals surface area contributed by atoms with Gasteiger partial charge in [-0.2, -0.15) is 15.2 Å². The van der Waals surface area contributed by atoms with Gasteiger partial charge in [0.2, 0.25) is 5.95 Å². The van der Waals surface area contributed by atoms with E-state index >= 15 is 0 Å². The van der Waals surface area contributed by atoms with Crippen molar-refractivity contribution < 1.29 is 4.79 Å². The maximum Gasteiger partial charge on any atom is 0.272 e. The first-order valence-corrected chi connectivity index (χ1v) is 6.68. The van der Waals surface area contributed by atoms with Gasteiger partial charge in [-0.3, -0.25) is 9.89 Å². The van der Waals surface area contributed by atoms with Crippen molar-refractivity contribution in [3.05, 3.63) is 23.3 Å². The van der Waals surface area contributed by atoms with Crippen LogP contribution in [0.1, 0.15) is 28.2 Å². The van der Waals surface area contributed by atoms with Crippen molar-refractivity contribution in [2.75, 3.05) is 18.4 Å². The van der Waals surface area contributed by atoms with E-state index in [1.54, 1.807) is 11.7 Å². The number of carbonyl (C=O) groups excluding carboxylic acids is 1. The van der Waals surface area contributed by atoms with Crippen LogP contribution >= 0.6 is 0 Å². The van der Waals surface area contributed by atoms with Crippen LogP contribution in [0, 0.1) is 0 Å². The van der Waals surface area contributed by atoms with Crippen LogP contribution in [0.4, 0.5) is 5.95 Å². The summed E-state index contributed by atoms with van der Waals surface area (Å²) in [5.41, 5.74) is 2.72. The van der Waals surface area contributed by atoms with Crippen LogP contribution in [0.25, 0.3) is 0 Å². The van der Waals surface area contributed by atoms with E-state index in [0.717, 1.165) is 30.5 Å². The first-order chi connectivity index (χ1) is 9.75. The van der Waals surface area contributed by atoms with Gasteiger partial charge >= 0.3 is 0 Å². The van der Waals surface area contributed by atoms with Crippen LogP contribution in [-0.2, 0) is 19.9 Å². The van der Waals surface area contributed by atoms with Gasteiger partial charge in [-0.05, 0) is 19.3 Å². The van der Waals surface area contributed by atoms with Gasteiger partial charge in [0.05, 0.1) is 0 Å². The lowest BCUT2D eigenvalue weighted by molar-refractivity contribution is 0.0949. The van der Waals surface area contributed by atoms with Gasteiger partial charge in [-0.15, -0.1) is 0 Å². The van der Waals surface area contributed by atoms with Crippen LogP contribution in [0.3, 0.4) is 0 Å². The first kappa shape index (κ1) is 12.6. The van der Waals surface area contributed by atoms with Crippen molar-refractivity contribution in [2.24, 2.45) is 7.05 Å². The zero-order valence-electron chi connectivity index (χ0n) is 11.3. The molecule has 8 heteroatoms. The Morgan fingerprint density at radius 3 is 3.15 bits per heavy atom. The first-order valence-electron chi connectivity index (χ1n) is 6.68. The molecular weight excluding hydrogens is 258 g/mol. The fourth-order valence-electron chi connectivity index (χ4n) is 2.40. The molecule has 0 radical (unpaired) electrons. The van der Waals surface area contributed by atoms with E-state index in [1.165, 1.54) is 6.33 Å². The monoisotopic (exact) mass is 275 g/mol. The van der Waals surface area contributed by atoms with Crippen molar-refractivity contribution in [2.45, 2.75) is 19.3 Å². The Morgan fingerprint density at radius 2 is 2.35 bits per heavy atom. The highest BCUT2D eigenvalue weighted by Crippen LogP contribution is 2.22. The molecule has 1 aliphatic carbocycles. The molecule has 0 saturated heterocycles. The largest absolute Gasteiger partial charge is 0.353 e. The second-order valence-corrected chi connectivity index (χ2v) is 4.77. The Labute approximate surface area is 116 Å². The van der Waals surface area contributed by atoms with Gasteiger partial charge in [-0.1, -0.05) is 0 Å². The highest BCUT2D eigenvalue weighted by atomic mass is 16.1. The maximum atomic E-state index is 12.0. The summed E-state index contributed by atoms with van der Waals surface area (Å²) in [4.78, 5) is 16.1. The van der Waals surface area contributed by atoms with Gasteiger partial charge in [0.15, 0.2) is 5.69 Å². The summed E-state index contributed by atoms with van der Waals surface area (Å²) in [5.74, 6) is 0.559. The molecule has 20 heavy (non-hydrogen) atoms. The predicted molar refractivity (Wildman–Crippen MR) is 72.4 cm³/mol. The lowest BCUT2D eigenvalue weighted by Crippen LogP contribution is -2.30. The van der Waals surface area contributed by atoms with E-state index < -0.39 is 0 Å². The molecule has 2 heterocycles. The number of aromatic nitrogens is 5. The normalized spacial score (nSPS) is 13.2. The smallest absolute Gasteiger partial charge is 0.272 e. The average Bonchev–Trinajstić information content (AvgIpc) is 3.10. The van der Waals surface area contributed by atoms with E-state index in [-0.39, 0.29) is 5.91 Å². The average molecular weight is 275 g/mol. The quantitative estimate of drug-likeness (QED) is 0.660. The van der Waals surface area contributed by atoms with Crippen molar-refractivity contribution in [3.8, 4) is 0 Å². The van der Waals surface area contributed by atoms with E-state index in [2.05, 4.69) is 30.9 Å². The molecule has 1 aliphatic rings. The van der Waals surface area contributed by atoms with E-state index in [4.69, 9.17) is 0 Å². The summed E-state index contributed by atoms with van der Waals surface area (Å²) >= 11 is 0. The number of carbonyl (C=O) groups is 1. The number of hydrogen-bond acceptors (Lipinski definition) is 5. The second kappa shape index (κ2) is 5.32. The third-order valence-corrected chi connectivity index (χ3v) is 3.43. The van der Waals surface area contributed by atoms with Gasteiger partial charge in [0, 0.05) is 31.4 Å². The van der Waals surface area contributed by atoms with Crippen molar-refractivity contribution in [3.63, 3.8) is 0 Å². The number of nitrogens with one attached hydrogen (secondary N) is 3. The molecule has 0 unspecified atom stereocenters. The number of H-pyrrole nitrogens is 1. The zero-order valence-corrected chi connectivity index (χ0v) is 11.3. The van der Waals surface area contributed by atoms with Gasteiger partial charge in [0.1, 0.15) is 6.33 Å². The minimum atomic E-state index is -0.121.